The Balaban J connectivity index is 2.31. The van der Waals surface area contributed by atoms with Crippen molar-refractivity contribution >= 4 is 7.32 Å². The van der Waals surface area contributed by atoms with E-state index in [0.29, 0.717) is 0 Å². The molecule has 0 aliphatic carbocycles. The largest absolute Gasteiger partial charge is 0.640 e. The quantitative estimate of drug-likeness (QED) is 0.642. The highest BCUT2D eigenvalue weighted by Crippen LogP contribution is 2.18. The van der Waals surface area contributed by atoms with Gasteiger partial charge in [0, 0.05) is 7.11 Å². The maximum absolute atomic E-state index is 5.54. The van der Waals surface area contributed by atoms with Gasteiger partial charge in [-0.2, -0.15) is 0 Å². The first-order chi connectivity index (χ1) is 6.54. The van der Waals surface area contributed by atoms with E-state index in [9.17, 15) is 0 Å². The molecule has 1 saturated heterocycles. The molecule has 4 atom stereocenters. The Hall–Kier alpha value is -0.0951. The Morgan fingerprint density at radius 2 is 1.57 bits per heavy atom. The van der Waals surface area contributed by atoms with E-state index in [4.69, 9.17) is 18.7 Å². The van der Waals surface area contributed by atoms with Crippen LogP contribution in [0.25, 0.3) is 0 Å². The van der Waals surface area contributed by atoms with Crippen LogP contribution in [-0.2, 0) is 18.7 Å². The molecule has 1 fully saturated rings. The molecule has 0 spiro atoms. The van der Waals surface area contributed by atoms with Crippen molar-refractivity contribution in [2.45, 2.75) is 52.1 Å². The topological polar surface area (TPSA) is 36.9 Å². The van der Waals surface area contributed by atoms with Crippen molar-refractivity contribution in [3.63, 3.8) is 0 Å². The first-order valence-corrected chi connectivity index (χ1v) is 5.03. The lowest BCUT2D eigenvalue weighted by molar-refractivity contribution is -0.00174. The molecule has 0 aromatic rings. The zero-order valence-electron chi connectivity index (χ0n) is 9.52. The van der Waals surface area contributed by atoms with Crippen LogP contribution in [0.15, 0.2) is 0 Å². The molecule has 0 radical (unpaired) electrons. The second-order valence-corrected chi connectivity index (χ2v) is 3.75. The van der Waals surface area contributed by atoms with E-state index in [1.807, 2.05) is 27.7 Å². The van der Waals surface area contributed by atoms with Gasteiger partial charge in [-0.05, 0) is 27.7 Å². The number of rotatable bonds is 4. The van der Waals surface area contributed by atoms with Gasteiger partial charge in [0.05, 0.1) is 24.4 Å². The predicted molar refractivity (Wildman–Crippen MR) is 53.9 cm³/mol. The molecule has 0 amide bonds. The minimum absolute atomic E-state index is 0.0356. The monoisotopic (exact) mass is 202 g/mol. The van der Waals surface area contributed by atoms with E-state index in [1.54, 1.807) is 7.11 Å². The summed E-state index contributed by atoms with van der Waals surface area (Å²) >= 11 is 0. The fraction of sp³-hybridized carbons (Fsp3) is 1.00. The van der Waals surface area contributed by atoms with E-state index in [2.05, 4.69) is 0 Å². The van der Waals surface area contributed by atoms with E-state index in [0.717, 1.165) is 0 Å². The summed E-state index contributed by atoms with van der Waals surface area (Å²) in [5.41, 5.74) is 0. The summed E-state index contributed by atoms with van der Waals surface area (Å²) < 4.78 is 21.6. The zero-order chi connectivity index (χ0) is 10.7. The van der Waals surface area contributed by atoms with Crippen LogP contribution in [0.1, 0.15) is 27.7 Å². The van der Waals surface area contributed by atoms with Gasteiger partial charge in [-0.1, -0.05) is 0 Å². The number of hydrogen-bond donors (Lipinski definition) is 0. The summed E-state index contributed by atoms with van der Waals surface area (Å²) in [5, 5.41) is 0. The van der Waals surface area contributed by atoms with Crippen molar-refractivity contribution in [1.29, 1.82) is 0 Å². The van der Waals surface area contributed by atoms with Crippen molar-refractivity contribution in [1.82, 2.24) is 0 Å². The van der Waals surface area contributed by atoms with E-state index in [1.165, 1.54) is 0 Å². The lowest BCUT2D eigenvalue weighted by Crippen LogP contribution is -2.33. The summed E-state index contributed by atoms with van der Waals surface area (Å²) in [5.74, 6) is 0. The second-order valence-electron chi connectivity index (χ2n) is 3.75. The predicted octanol–water partition coefficient (Wildman–Crippen LogP) is 1.24. The minimum Gasteiger partial charge on any atom is -0.381 e. The van der Waals surface area contributed by atoms with Crippen molar-refractivity contribution in [3.8, 4) is 0 Å². The maximum atomic E-state index is 5.54. The SMILES string of the molecule is COC(C)C(C)OB1OC(C)C(C)O1. The van der Waals surface area contributed by atoms with Crippen molar-refractivity contribution in [3.05, 3.63) is 0 Å². The number of methoxy groups -OCH3 is 1. The van der Waals surface area contributed by atoms with Crippen LogP contribution in [0, 0.1) is 0 Å². The molecular weight excluding hydrogens is 183 g/mol. The molecular formula is C9H19BO4. The van der Waals surface area contributed by atoms with E-state index in [-0.39, 0.29) is 24.4 Å². The Bertz CT molecular complexity index is 168. The van der Waals surface area contributed by atoms with Gasteiger partial charge in [0.1, 0.15) is 0 Å². The van der Waals surface area contributed by atoms with E-state index >= 15 is 0 Å². The molecule has 14 heavy (non-hydrogen) atoms. The molecule has 1 aliphatic heterocycles. The standard InChI is InChI=1S/C9H19BO4/c1-6(11-5)7(2)12-10-13-8(3)9(4)14-10/h6-9H,1-5H3. The van der Waals surface area contributed by atoms with Gasteiger partial charge in [0.15, 0.2) is 0 Å². The van der Waals surface area contributed by atoms with Crippen molar-refractivity contribution in [2.75, 3.05) is 7.11 Å². The van der Waals surface area contributed by atoms with Crippen LogP contribution >= 0.6 is 0 Å². The minimum atomic E-state index is -0.549. The Morgan fingerprint density at radius 3 is 2.00 bits per heavy atom. The van der Waals surface area contributed by atoms with Crippen molar-refractivity contribution < 1.29 is 18.7 Å². The highest BCUT2D eigenvalue weighted by Gasteiger charge is 2.38. The lowest BCUT2D eigenvalue weighted by atomic mass is 10.2. The summed E-state index contributed by atoms with van der Waals surface area (Å²) in [6, 6.07) is 0. The summed E-state index contributed by atoms with van der Waals surface area (Å²) in [6.45, 7) is 7.83. The summed E-state index contributed by atoms with van der Waals surface area (Å²) in [7, 11) is 1.11. The van der Waals surface area contributed by atoms with Crippen LogP contribution in [-0.4, -0.2) is 38.8 Å². The lowest BCUT2D eigenvalue weighted by Gasteiger charge is -2.20. The molecule has 0 saturated carbocycles. The molecule has 5 heteroatoms. The average molecular weight is 202 g/mol. The molecule has 4 nitrogen and oxygen atoms in total. The van der Waals surface area contributed by atoms with Crippen LogP contribution < -0.4 is 0 Å². The molecule has 0 N–H and O–H groups in total. The highest BCUT2D eigenvalue weighted by molar-refractivity contribution is 6.37. The highest BCUT2D eigenvalue weighted by atomic mass is 16.8. The third-order valence-electron chi connectivity index (χ3n) is 2.67. The average Bonchev–Trinajstić information content (AvgIpc) is 2.44. The van der Waals surface area contributed by atoms with Gasteiger partial charge in [-0.25, -0.2) is 0 Å². The Morgan fingerprint density at radius 1 is 1.07 bits per heavy atom. The first kappa shape index (κ1) is 12.0. The summed E-state index contributed by atoms with van der Waals surface area (Å²) in [4.78, 5) is 0. The number of hydrogen-bond acceptors (Lipinski definition) is 4. The molecule has 0 aromatic heterocycles. The van der Waals surface area contributed by atoms with Gasteiger partial charge in [0.2, 0.25) is 0 Å². The molecule has 4 unspecified atom stereocenters. The molecule has 1 rings (SSSR count). The third kappa shape index (κ3) is 2.95. The van der Waals surface area contributed by atoms with Crippen LogP contribution in [0.4, 0.5) is 0 Å². The third-order valence-corrected chi connectivity index (χ3v) is 2.67. The Kier molecular flexibility index (Phi) is 4.38. The smallest absolute Gasteiger partial charge is 0.381 e. The molecule has 0 bridgehead atoms. The second kappa shape index (κ2) is 5.12. The van der Waals surface area contributed by atoms with Gasteiger partial charge < -0.3 is 18.7 Å². The molecule has 1 aliphatic rings. The van der Waals surface area contributed by atoms with Gasteiger partial charge in [-0.3, -0.25) is 0 Å². The van der Waals surface area contributed by atoms with E-state index < -0.39 is 7.32 Å². The fourth-order valence-corrected chi connectivity index (χ4v) is 1.15. The van der Waals surface area contributed by atoms with Crippen LogP contribution in [0.3, 0.4) is 0 Å². The number of ether oxygens (including phenoxy) is 1. The van der Waals surface area contributed by atoms with Gasteiger partial charge in [0.25, 0.3) is 0 Å². The fourth-order valence-electron chi connectivity index (χ4n) is 1.15. The first-order valence-electron chi connectivity index (χ1n) is 5.03. The van der Waals surface area contributed by atoms with Gasteiger partial charge >= 0.3 is 7.32 Å². The zero-order valence-corrected chi connectivity index (χ0v) is 9.52. The summed E-state index contributed by atoms with van der Waals surface area (Å²) in [6.07, 6.45) is 0.172. The Labute approximate surface area is 86.0 Å². The molecule has 1 heterocycles. The molecule has 82 valence electrons. The molecule has 0 aromatic carbocycles. The normalized spacial score (nSPS) is 31.9. The maximum Gasteiger partial charge on any atom is 0.640 e. The van der Waals surface area contributed by atoms with Crippen LogP contribution in [0.5, 0.6) is 0 Å². The van der Waals surface area contributed by atoms with Crippen LogP contribution in [0.2, 0.25) is 0 Å². The van der Waals surface area contributed by atoms with Crippen molar-refractivity contribution in [2.24, 2.45) is 0 Å². The van der Waals surface area contributed by atoms with Gasteiger partial charge in [-0.15, -0.1) is 0 Å².